The fourth-order valence-electron chi connectivity index (χ4n) is 3.40. The second kappa shape index (κ2) is 7.86. The van der Waals surface area contributed by atoms with E-state index in [1.54, 1.807) is 22.5 Å². The zero-order valence-electron chi connectivity index (χ0n) is 15.9. The minimum absolute atomic E-state index is 0.0246. The number of nitrogens with one attached hydrogen (secondary N) is 1. The van der Waals surface area contributed by atoms with Crippen LogP contribution in [0.1, 0.15) is 61.0 Å². The van der Waals surface area contributed by atoms with Gasteiger partial charge in [0.2, 0.25) is 10.0 Å². The first kappa shape index (κ1) is 19.6. The lowest BCUT2D eigenvalue weighted by molar-refractivity contribution is 0.0935. The number of hydrogen-bond acceptors (Lipinski definition) is 4. The van der Waals surface area contributed by atoms with Gasteiger partial charge in [-0.05, 0) is 63.9 Å². The molecule has 1 aliphatic heterocycles. The van der Waals surface area contributed by atoms with Gasteiger partial charge in [0.1, 0.15) is 11.5 Å². The first-order chi connectivity index (χ1) is 12.8. The molecule has 1 N–H and O–H groups in total. The van der Waals surface area contributed by atoms with Gasteiger partial charge < -0.3 is 9.73 Å². The van der Waals surface area contributed by atoms with E-state index in [2.05, 4.69) is 5.32 Å². The maximum Gasteiger partial charge on any atom is 0.251 e. The van der Waals surface area contributed by atoms with Crippen molar-refractivity contribution in [3.8, 4) is 0 Å². The summed E-state index contributed by atoms with van der Waals surface area (Å²) >= 11 is 0. The van der Waals surface area contributed by atoms with Crippen molar-refractivity contribution in [1.29, 1.82) is 0 Å². The van der Waals surface area contributed by atoms with E-state index in [0.29, 0.717) is 17.9 Å². The Bertz CT molecular complexity index is 920. The second-order valence-corrected chi connectivity index (χ2v) is 9.02. The van der Waals surface area contributed by atoms with Gasteiger partial charge in [-0.1, -0.05) is 12.5 Å². The highest BCUT2D eigenvalue weighted by Gasteiger charge is 2.31. The molecule has 146 valence electrons. The van der Waals surface area contributed by atoms with Gasteiger partial charge in [-0.3, -0.25) is 4.79 Å². The van der Waals surface area contributed by atoms with E-state index >= 15 is 0 Å². The summed E-state index contributed by atoms with van der Waals surface area (Å²) < 4.78 is 33.1. The Hall–Kier alpha value is -2.12. The molecule has 0 radical (unpaired) electrons. The molecule has 7 heteroatoms. The minimum atomic E-state index is -3.61. The van der Waals surface area contributed by atoms with E-state index in [4.69, 9.17) is 4.42 Å². The smallest absolute Gasteiger partial charge is 0.251 e. The van der Waals surface area contributed by atoms with Crippen LogP contribution in [0.4, 0.5) is 0 Å². The molecule has 1 fully saturated rings. The molecular weight excluding hydrogens is 364 g/mol. The van der Waals surface area contributed by atoms with E-state index in [-0.39, 0.29) is 22.9 Å². The zero-order chi connectivity index (χ0) is 19.6. The summed E-state index contributed by atoms with van der Waals surface area (Å²) in [5.74, 6) is 1.10. The van der Waals surface area contributed by atoms with Gasteiger partial charge in [0.15, 0.2) is 0 Å². The molecule has 27 heavy (non-hydrogen) atoms. The molecule has 2 aromatic rings. The summed E-state index contributed by atoms with van der Waals surface area (Å²) in [4.78, 5) is 12.8. The second-order valence-electron chi connectivity index (χ2n) is 7.13. The van der Waals surface area contributed by atoms with Crippen molar-refractivity contribution in [1.82, 2.24) is 9.62 Å². The van der Waals surface area contributed by atoms with Crippen molar-refractivity contribution in [2.24, 2.45) is 0 Å². The average molecular weight is 391 g/mol. The summed E-state index contributed by atoms with van der Waals surface area (Å²) in [5, 5.41) is 2.85. The number of benzene rings is 1. The first-order valence-electron chi connectivity index (χ1n) is 9.28. The standard InChI is InChI=1S/C20H26N2O4S/c1-14-7-4-5-12-22(14)27(24,25)18-9-6-8-17(13-18)20(23)21-16(3)19-11-10-15(2)26-19/h6,8-11,13-14,16H,4-5,7,12H2,1-3H3,(H,21,23). The van der Waals surface area contributed by atoms with E-state index in [9.17, 15) is 13.2 Å². The Labute approximate surface area is 160 Å². The lowest BCUT2D eigenvalue weighted by Crippen LogP contribution is -2.42. The van der Waals surface area contributed by atoms with Crippen molar-refractivity contribution in [2.45, 2.75) is 57.0 Å². The highest BCUT2D eigenvalue weighted by molar-refractivity contribution is 7.89. The van der Waals surface area contributed by atoms with Crippen molar-refractivity contribution >= 4 is 15.9 Å². The summed E-state index contributed by atoms with van der Waals surface area (Å²) in [6.45, 7) is 6.12. The van der Waals surface area contributed by atoms with Crippen LogP contribution in [0.5, 0.6) is 0 Å². The number of hydrogen-bond donors (Lipinski definition) is 1. The molecule has 1 saturated heterocycles. The van der Waals surface area contributed by atoms with Gasteiger partial charge in [-0.15, -0.1) is 0 Å². The van der Waals surface area contributed by atoms with Crippen LogP contribution in [0, 0.1) is 6.92 Å². The normalized spacial score (nSPS) is 19.6. The molecule has 2 atom stereocenters. The summed E-state index contributed by atoms with van der Waals surface area (Å²) in [5.41, 5.74) is 0.316. The quantitative estimate of drug-likeness (QED) is 0.845. The third-order valence-corrected chi connectivity index (χ3v) is 6.99. The van der Waals surface area contributed by atoms with Gasteiger partial charge in [0.25, 0.3) is 5.91 Å². The lowest BCUT2D eigenvalue weighted by atomic mass is 10.1. The fraction of sp³-hybridized carbons (Fsp3) is 0.450. The molecule has 0 spiro atoms. The van der Waals surface area contributed by atoms with Gasteiger partial charge in [-0.25, -0.2) is 8.42 Å². The van der Waals surface area contributed by atoms with E-state index < -0.39 is 10.0 Å². The predicted molar refractivity (Wildman–Crippen MR) is 103 cm³/mol. The molecule has 1 amide bonds. The molecule has 0 saturated carbocycles. The van der Waals surface area contributed by atoms with Gasteiger partial charge in [0, 0.05) is 18.2 Å². The van der Waals surface area contributed by atoms with E-state index in [0.717, 1.165) is 25.0 Å². The van der Waals surface area contributed by atoms with Crippen LogP contribution in [0.2, 0.25) is 0 Å². The number of carbonyl (C=O) groups is 1. The third kappa shape index (κ3) is 4.25. The predicted octanol–water partition coefficient (Wildman–Crippen LogP) is 3.64. The molecule has 1 aliphatic rings. The van der Waals surface area contributed by atoms with Crippen molar-refractivity contribution < 1.29 is 17.6 Å². The number of furan rings is 1. The summed E-state index contributed by atoms with van der Waals surface area (Å²) in [6.07, 6.45) is 2.77. The Balaban J connectivity index is 1.79. The van der Waals surface area contributed by atoms with Crippen molar-refractivity contribution in [3.05, 3.63) is 53.5 Å². The largest absolute Gasteiger partial charge is 0.464 e. The molecule has 1 aromatic carbocycles. The summed E-state index contributed by atoms with van der Waals surface area (Å²) in [7, 11) is -3.61. The number of amides is 1. The maximum atomic E-state index is 13.0. The zero-order valence-corrected chi connectivity index (χ0v) is 16.8. The highest BCUT2D eigenvalue weighted by atomic mass is 32.2. The van der Waals surface area contributed by atoms with E-state index in [1.165, 1.54) is 6.07 Å². The Morgan fingerprint density at radius 3 is 2.70 bits per heavy atom. The SMILES string of the molecule is Cc1ccc(C(C)NC(=O)c2cccc(S(=O)(=O)N3CCCCC3C)c2)o1. The number of carbonyl (C=O) groups excluding carboxylic acids is 1. The highest BCUT2D eigenvalue weighted by Crippen LogP contribution is 2.25. The Kier molecular flexibility index (Phi) is 5.72. The van der Waals surface area contributed by atoms with Gasteiger partial charge >= 0.3 is 0 Å². The molecule has 3 rings (SSSR count). The number of sulfonamides is 1. The third-order valence-electron chi connectivity index (χ3n) is 4.98. The number of rotatable bonds is 5. The molecule has 2 unspecified atom stereocenters. The van der Waals surface area contributed by atoms with Crippen molar-refractivity contribution in [3.63, 3.8) is 0 Å². The number of piperidine rings is 1. The van der Waals surface area contributed by atoms with E-state index in [1.807, 2.05) is 32.9 Å². The van der Waals surface area contributed by atoms with Gasteiger partial charge in [-0.2, -0.15) is 4.31 Å². The van der Waals surface area contributed by atoms with Crippen LogP contribution in [0.25, 0.3) is 0 Å². The minimum Gasteiger partial charge on any atom is -0.464 e. The van der Waals surface area contributed by atoms with Crippen molar-refractivity contribution in [2.75, 3.05) is 6.54 Å². The molecule has 6 nitrogen and oxygen atoms in total. The Morgan fingerprint density at radius 2 is 2.04 bits per heavy atom. The fourth-order valence-corrected chi connectivity index (χ4v) is 5.15. The van der Waals surface area contributed by atoms with Crippen LogP contribution in [-0.2, 0) is 10.0 Å². The van der Waals surface area contributed by atoms with Crippen LogP contribution in [-0.4, -0.2) is 31.2 Å². The number of aryl methyl sites for hydroxylation is 1. The topological polar surface area (TPSA) is 79.6 Å². The van der Waals surface area contributed by atoms with Crippen LogP contribution in [0.3, 0.4) is 0 Å². The molecule has 0 bridgehead atoms. The average Bonchev–Trinajstić information content (AvgIpc) is 3.08. The Morgan fingerprint density at radius 1 is 1.26 bits per heavy atom. The molecule has 0 aliphatic carbocycles. The van der Waals surface area contributed by atoms with Crippen LogP contribution >= 0.6 is 0 Å². The molecular formula is C20H26N2O4S. The van der Waals surface area contributed by atoms with Crippen LogP contribution < -0.4 is 5.32 Å². The maximum absolute atomic E-state index is 13.0. The monoisotopic (exact) mass is 390 g/mol. The molecule has 2 heterocycles. The van der Waals surface area contributed by atoms with Gasteiger partial charge in [0.05, 0.1) is 10.9 Å². The summed E-state index contributed by atoms with van der Waals surface area (Å²) in [6, 6.07) is 9.55. The van der Waals surface area contributed by atoms with Crippen LogP contribution in [0.15, 0.2) is 45.7 Å². The first-order valence-corrected chi connectivity index (χ1v) is 10.7. The lowest BCUT2D eigenvalue weighted by Gasteiger charge is -2.32. The molecule has 1 aromatic heterocycles. The number of nitrogens with zero attached hydrogens (tertiary/aromatic N) is 1.